The monoisotopic (exact) mass is 451 g/mol. The molecule has 4 aromatic rings. The Morgan fingerprint density at radius 2 is 1.94 bits per heavy atom. The van der Waals surface area contributed by atoms with Crippen LogP contribution in [0.25, 0.3) is 21.3 Å². The fraction of sp³-hybridized carbons (Fsp3) is 0.208. The molecule has 0 bridgehead atoms. The van der Waals surface area contributed by atoms with Crippen molar-refractivity contribution in [1.29, 1.82) is 0 Å². The van der Waals surface area contributed by atoms with Gasteiger partial charge in [0.15, 0.2) is 0 Å². The van der Waals surface area contributed by atoms with Gasteiger partial charge in [0.25, 0.3) is 0 Å². The third kappa shape index (κ3) is 5.20. The van der Waals surface area contributed by atoms with Gasteiger partial charge in [0.1, 0.15) is 11.6 Å². The summed E-state index contributed by atoms with van der Waals surface area (Å²) in [6.07, 6.45) is 0.606. The number of carbonyl (C=O) groups is 1. The topological polar surface area (TPSA) is 84.3 Å². The highest BCUT2D eigenvalue weighted by atomic mass is 32.1. The zero-order chi connectivity index (χ0) is 22.5. The second-order valence-corrected chi connectivity index (χ2v) is 8.13. The van der Waals surface area contributed by atoms with Crippen LogP contribution in [0.5, 0.6) is 6.01 Å². The smallest absolute Gasteiger partial charge is 0.318 e. The first-order valence-electron chi connectivity index (χ1n) is 10.2. The molecule has 0 unspecified atom stereocenters. The molecule has 0 amide bonds. The van der Waals surface area contributed by atoms with Crippen molar-refractivity contribution in [3.63, 3.8) is 0 Å². The van der Waals surface area contributed by atoms with Gasteiger partial charge >= 0.3 is 12.0 Å². The van der Waals surface area contributed by atoms with E-state index in [-0.39, 0.29) is 18.2 Å². The van der Waals surface area contributed by atoms with Crippen LogP contribution in [-0.4, -0.2) is 34.2 Å². The van der Waals surface area contributed by atoms with Gasteiger partial charge in [-0.1, -0.05) is 30.3 Å². The quantitative estimate of drug-likeness (QED) is 0.365. The number of aliphatic carboxylic acids is 1. The molecule has 2 N–H and O–H groups in total. The maximum Gasteiger partial charge on any atom is 0.318 e. The second-order valence-electron chi connectivity index (χ2n) is 7.21. The molecule has 2 aromatic heterocycles. The molecular formula is C24H22FN3O3S. The number of benzene rings is 2. The number of carboxylic acid groups (broad SMARTS) is 1. The number of nitrogens with one attached hydrogen (secondary N) is 1. The molecule has 0 aliphatic rings. The molecule has 4 rings (SSSR count). The molecule has 0 radical (unpaired) electrons. The lowest BCUT2D eigenvalue weighted by Crippen LogP contribution is -2.09. The van der Waals surface area contributed by atoms with E-state index in [0.29, 0.717) is 41.3 Å². The van der Waals surface area contributed by atoms with E-state index in [4.69, 9.17) is 9.84 Å². The molecule has 0 spiro atoms. The molecule has 2 heterocycles. The zero-order valence-corrected chi connectivity index (χ0v) is 18.3. The van der Waals surface area contributed by atoms with Gasteiger partial charge in [-0.3, -0.25) is 4.79 Å². The Morgan fingerprint density at radius 1 is 1.12 bits per heavy atom. The lowest BCUT2D eigenvalue weighted by atomic mass is 10.1. The first kappa shape index (κ1) is 21.7. The summed E-state index contributed by atoms with van der Waals surface area (Å²) in [5.74, 6) is -0.463. The third-order valence-electron chi connectivity index (χ3n) is 4.87. The van der Waals surface area contributed by atoms with Crippen LogP contribution < -0.4 is 10.1 Å². The predicted molar refractivity (Wildman–Crippen MR) is 124 cm³/mol. The van der Waals surface area contributed by atoms with Gasteiger partial charge in [0.2, 0.25) is 0 Å². The van der Waals surface area contributed by atoms with Gasteiger partial charge in [-0.15, -0.1) is 11.3 Å². The number of thiophene rings is 1. The second kappa shape index (κ2) is 9.74. The first-order valence-corrected chi connectivity index (χ1v) is 11.1. The van der Waals surface area contributed by atoms with E-state index < -0.39 is 5.97 Å². The van der Waals surface area contributed by atoms with Crippen LogP contribution >= 0.6 is 11.3 Å². The number of aromatic nitrogens is 2. The number of fused-ring (bicyclic) bond motifs is 1. The Labute approximate surface area is 188 Å². The molecule has 0 saturated heterocycles. The van der Waals surface area contributed by atoms with E-state index in [9.17, 15) is 9.18 Å². The third-order valence-corrected chi connectivity index (χ3v) is 5.81. The number of hydrogen-bond donors (Lipinski definition) is 2. The van der Waals surface area contributed by atoms with E-state index in [2.05, 4.69) is 15.3 Å². The Hall–Kier alpha value is -3.52. The molecule has 6 nitrogen and oxygen atoms in total. The van der Waals surface area contributed by atoms with Gasteiger partial charge in [-0.2, -0.15) is 9.97 Å². The summed E-state index contributed by atoms with van der Waals surface area (Å²) in [6.45, 7) is 2.86. The van der Waals surface area contributed by atoms with Crippen LogP contribution in [-0.2, 0) is 17.6 Å². The first-order chi connectivity index (χ1) is 15.5. The van der Waals surface area contributed by atoms with Crippen LogP contribution in [0.1, 0.15) is 18.1 Å². The minimum absolute atomic E-state index is 0.0289. The highest BCUT2D eigenvalue weighted by molar-refractivity contribution is 7.17. The number of nitrogens with zero attached hydrogens (tertiary/aromatic N) is 2. The van der Waals surface area contributed by atoms with E-state index in [1.165, 1.54) is 11.3 Å². The number of ether oxygens (including phenoxy) is 1. The van der Waals surface area contributed by atoms with Gasteiger partial charge in [-0.25, -0.2) is 4.39 Å². The SMILES string of the molecule is CCOc1nc(NCCc2cc(F)c3sccc3c2)cc(-c2ccc(CC(=O)O)cc2)n1. The Balaban J connectivity index is 1.50. The minimum Gasteiger partial charge on any atom is -0.481 e. The van der Waals surface area contributed by atoms with Crippen molar-refractivity contribution in [2.75, 3.05) is 18.5 Å². The van der Waals surface area contributed by atoms with Gasteiger partial charge in [-0.05, 0) is 47.4 Å². The summed E-state index contributed by atoms with van der Waals surface area (Å²) < 4.78 is 20.4. The Bertz CT molecular complexity index is 1240. The number of hydrogen-bond acceptors (Lipinski definition) is 6. The molecule has 0 atom stereocenters. The molecule has 0 aliphatic carbocycles. The van der Waals surface area contributed by atoms with Crippen molar-refractivity contribution in [3.8, 4) is 17.3 Å². The van der Waals surface area contributed by atoms with Crippen LogP contribution in [0.15, 0.2) is 53.9 Å². The zero-order valence-electron chi connectivity index (χ0n) is 17.5. The average Bonchev–Trinajstić information content (AvgIpc) is 3.23. The summed E-state index contributed by atoms with van der Waals surface area (Å²) in [5.41, 5.74) is 3.12. The van der Waals surface area contributed by atoms with Crippen LogP contribution in [0.4, 0.5) is 10.2 Å². The normalized spacial score (nSPS) is 10.9. The summed E-state index contributed by atoms with van der Waals surface area (Å²) in [4.78, 5) is 19.7. The maximum absolute atomic E-state index is 14.2. The number of halogens is 1. The Kier molecular flexibility index (Phi) is 6.61. The van der Waals surface area contributed by atoms with Crippen molar-refractivity contribution in [2.45, 2.75) is 19.8 Å². The highest BCUT2D eigenvalue weighted by Crippen LogP contribution is 2.26. The summed E-state index contributed by atoms with van der Waals surface area (Å²) >= 11 is 1.40. The van der Waals surface area contributed by atoms with E-state index in [1.54, 1.807) is 18.2 Å². The fourth-order valence-electron chi connectivity index (χ4n) is 3.40. The largest absolute Gasteiger partial charge is 0.481 e. The van der Waals surface area contributed by atoms with Gasteiger partial charge < -0.3 is 15.2 Å². The van der Waals surface area contributed by atoms with Crippen molar-refractivity contribution >= 4 is 33.2 Å². The van der Waals surface area contributed by atoms with E-state index >= 15 is 0 Å². The molecule has 2 aromatic carbocycles. The summed E-state index contributed by atoms with van der Waals surface area (Å²) in [7, 11) is 0. The average molecular weight is 452 g/mol. The van der Waals surface area contributed by atoms with Crippen LogP contribution in [0, 0.1) is 5.82 Å². The molecule has 32 heavy (non-hydrogen) atoms. The molecule has 0 aliphatic heterocycles. The predicted octanol–water partition coefficient (Wildman–Crippen LogP) is 5.18. The number of anilines is 1. The molecular weight excluding hydrogens is 429 g/mol. The van der Waals surface area contributed by atoms with Crippen molar-refractivity contribution < 1.29 is 19.0 Å². The van der Waals surface area contributed by atoms with E-state index in [1.807, 2.05) is 42.6 Å². The van der Waals surface area contributed by atoms with Crippen molar-refractivity contribution in [3.05, 3.63) is 70.9 Å². The maximum atomic E-state index is 14.2. The summed E-state index contributed by atoms with van der Waals surface area (Å²) in [6, 6.07) is 14.8. The minimum atomic E-state index is -0.872. The van der Waals surface area contributed by atoms with Gasteiger partial charge in [0.05, 0.1) is 23.4 Å². The summed E-state index contributed by atoms with van der Waals surface area (Å²) in [5, 5.41) is 15.0. The van der Waals surface area contributed by atoms with Crippen LogP contribution in [0.3, 0.4) is 0 Å². The fourth-order valence-corrected chi connectivity index (χ4v) is 4.19. The molecule has 8 heteroatoms. The van der Waals surface area contributed by atoms with Crippen molar-refractivity contribution in [2.24, 2.45) is 0 Å². The van der Waals surface area contributed by atoms with Crippen molar-refractivity contribution in [1.82, 2.24) is 9.97 Å². The molecule has 0 fully saturated rings. The van der Waals surface area contributed by atoms with Crippen LogP contribution in [0.2, 0.25) is 0 Å². The van der Waals surface area contributed by atoms with Gasteiger partial charge in [0, 0.05) is 18.2 Å². The Morgan fingerprint density at radius 3 is 2.69 bits per heavy atom. The lowest BCUT2D eigenvalue weighted by Gasteiger charge is -2.11. The highest BCUT2D eigenvalue weighted by Gasteiger charge is 2.10. The number of rotatable bonds is 9. The van der Waals surface area contributed by atoms with E-state index in [0.717, 1.165) is 16.5 Å². The number of carboxylic acids is 1. The standard InChI is InChI=1S/C24H22FN3O3S/c1-2-31-24-27-20(17-5-3-15(4-6-17)13-22(29)30)14-21(28-24)26-9-7-16-11-18-8-10-32-23(18)19(25)12-16/h3-6,8,10-12,14H,2,7,9,13H2,1H3,(H,29,30)(H,26,27,28). The lowest BCUT2D eigenvalue weighted by molar-refractivity contribution is -0.136. The molecule has 0 saturated carbocycles. The molecule has 164 valence electrons.